The van der Waals surface area contributed by atoms with Crippen LogP contribution in [-0.2, 0) is 17.8 Å². The lowest BCUT2D eigenvalue weighted by Gasteiger charge is -2.08. The molecule has 2 amide bonds. The molecule has 0 fully saturated rings. The summed E-state index contributed by atoms with van der Waals surface area (Å²) in [5, 5.41) is 33.5. The molecule has 0 spiro atoms. The van der Waals surface area contributed by atoms with Crippen molar-refractivity contribution in [3.05, 3.63) is 90.5 Å². The second kappa shape index (κ2) is 14.1. The Morgan fingerprint density at radius 2 is 1.79 bits per heavy atom. The van der Waals surface area contributed by atoms with Crippen LogP contribution in [0, 0.1) is 0 Å². The molecule has 195 valence electrons. The molecule has 3 rings (SSSR count). The summed E-state index contributed by atoms with van der Waals surface area (Å²) in [5.74, 6) is -0.0275. The molecular weight excluding hydrogens is 486 g/mol. The molecule has 0 saturated heterocycles. The SMILES string of the molecule is C=C(C)C(=O)NCCCNC(=O)c1cc(-c2ccc[n+](Cc3cccc(O[B]O)c3)c2)c[n+](CB(O)O)c1. The van der Waals surface area contributed by atoms with Crippen LogP contribution in [-0.4, -0.2) is 54.8 Å². The minimum Gasteiger partial charge on any atom is -0.537 e. The Morgan fingerprint density at radius 1 is 1.03 bits per heavy atom. The summed E-state index contributed by atoms with van der Waals surface area (Å²) in [7, 11) is -0.953. The molecule has 0 bridgehead atoms. The Bertz CT molecular complexity index is 1290. The Balaban J connectivity index is 1.76. The van der Waals surface area contributed by atoms with Gasteiger partial charge in [0.2, 0.25) is 5.91 Å². The zero-order valence-corrected chi connectivity index (χ0v) is 21.2. The van der Waals surface area contributed by atoms with Gasteiger partial charge in [0.05, 0.1) is 11.1 Å². The van der Waals surface area contributed by atoms with Gasteiger partial charge in [-0.1, -0.05) is 18.7 Å². The first-order chi connectivity index (χ1) is 18.2. The fourth-order valence-electron chi connectivity index (χ4n) is 3.74. The van der Waals surface area contributed by atoms with Crippen LogP contribution in [0.4, 0.5) is 0 Å². The maximum atomic E-state index is 12.9. The molecule has 2 heterocycles. The lowest BCUT2D eigenvalue weighted by Crippen LogP contribution is -2.43. The number of carbonyl (C=O) groups is 2. The van der Waals surface area contributed by atoms with Crippen LogP contribution < -0.4 is 24.4 Å². The van der Waals surface area contributed by atoms with Crippen LogP contribution >= 0.6 is 0 Å². The van der Waals surface area contributed by atoms with Crippen LogP contribution in [0.1, 0.15) is 29.3 Å². The maximum absolute atomic E-state index is 12.9. The first-order valence-electron chi connectivity index (χ1n) is 12.1. The number of hydrogen-bond acceptors (Lipinski definition) is 6. The van der Waals surface area contributed by atoms with Gasteiger partial charge < -0.3 is 30.4 Å². The fraction of sp³-hybridized carbons (Fsp3) is 0.231. The molecule has 38 heavy (non-hydrogen) atoms. The van der Waals surface area contributed by atoms with Gasteiger partial charge in [0, 0.05) is 30.3 Å². The molecule has 0 atom stereocenters. The summed E-state index contributed by atoms with van der Waals surface area (Å²) < 4.78 is 8.56. The largest absolute Gasteiger partial charge is 0.569 e. The van der Waals surface area contributed by atoms with Gasteiger partial charge in [-0.25, -0.2) is 9.13 Å². The Labute approximate surface area is 222 Å². The van der Waals surface area contributed by atoms with Gasteiger partial charge in [0.15, 0.2) is 37.8 Å². The Morgan fingerprint density at radius 3 is 2.53 bits per heavy atom. The summed E-state index contributed by atoms with van der Waals surface area (Å²) in [6.07, 6.45) is 7.57. The van der Waals surface area contributed by atoms with Gasteiger partial charge in [0.1, 0.15) is 11.3 Å². The second-order valence-corrected chi connectivity index (χ2v) is 8.77. The molecule has 0 aliphatic rings. The van der Waals surface area contributed by atoms with Crippen molar-refractivity contribution >= 4 is 26.6 Å². The van der Waals surface area contributed by atoms with Gasteiger partial charge >= 0.3 is 14.8 Å². The highest BCUT2D eigenvalue weighted by Gasteiger charge is 2.20. The third-order valence-corrected chi connectivity index (χ3v) is 5.51. The molecule has 12 heteroatoms. The molecule has 5 N–H and O–H groups in total. The maximum Gasteiger partial charge on any atom is 0.569 e. The van der Waals surface area contributed by atoms with Crippen molar-refractivity contribution in [3.8, 4) is 16.9 Å². The predicted octanol–water partition coefficient (Wildman–Crippen LogP) is -0.294. The molecule has 2 aromatic heterocycles. The first kappa shape index (κ1) is 28.6. The van der Waals surface area contributed by atoms with E-state index >= 15 is 0 Å². The van der Waals surface area contributed by atoms with E-state index in [0.717, 1.165) is 11.1 Å². The molecule has 0 unspecified atom stereocenters. The molecule has 10 nitrogen and oxygen atoms in total. The van der Waals surface area contributed by atoms with Crippen molar-refractivity contribution in [2.45, 2.75) is 26.3 Å². The number of nitrogens with zero attached hydrogens (tertiary/aromatic N) is 2. The van der Waals surface area contributed by atoms with E-state index < -0.39 is 7.12 Å². The number of nitrogens with one attached hydrogen (secondary N) is 2. The van der Waals surface area contributed by atoms with E-state index in [1.807, 2.05) is 47.3 Å². The Hall–Kier alpha value is -3.99. The van der Waals surface area contributed by atoms with E-state index in [-0.39, 0.29) is 18.3 Å². The molecule has 0 aliphatic heterocycles. The normalized spacial score (nSPS) is 10.4. The standard InChI is InChI=1S/C26H29B2N4O6/c1-19(2)25(33)29-9-5-10-30-26(34)23-13-22(16-32(17-23)18-28(36)37)21-7-4-11-31(15-21)14-20-6-3-8-24(12-20)38-27-35/h3-4,6-8,11-13,15-17,35-37H,1,5,9-10,14,18H2,2H3/p+2. The summed E-state index contributed by atoms with van der Waals surface area (Å²) in [4.78, 5) is 24.4. The van der Waals surface area contributed by atoms with Crippen LogP contribution in [0.25, 0.3) is 11.1 Å². The number of hydrogen-bond donors (Lipinski definition) is 5. The highest BCUT2D eigenvalue weighted by Crippen LogP contribution is 2.18. The minimum absolute atomic E-state index is 0.109. The fourth-order valence-corrected chi connectivity index (χ4v) is 3.74. The molecule has 1 radical (unpaired) electrons. The van der Waals surface area contributed by atoms with Crippen LogP contribution in [0.15, 0.2) is 79.4 Å². The second-order valence-electron chi connectivity index (χ2n) is 8.77. The van der Waals surface area contributed by atoms with Crippen LogP contribution in [0.5, 0.6) is 5.75 Å². The quantitative estimate of drug-likeness (QED) is 0.0916. The zero-order chi connectivity index (χ0) is 27.5. The number of rotatable bonds is 13. The van der Waals surface area contributed by atoms with Crippen molar-refractivity contribution in [3.63, 3.8) is 0 Å². The Kier molecular flexibility index (Phi) is 10.6. The highest BCUT2D eigenvalue weighted by atomic mass is 16.5. The van der Waals surface area contributed by atoms with Crippen molar-refractivity contribution < 1.29 is 38.4 Å². The van der Waals surface area contributed by atoms with E-state index in [1.165, 1.54) is 0 Å². The highest BCUT2D eigenvalue weighted by molar-refractivity contribution is 6.38. The summed E-state index contributed by atoms with van der Waals surface area (Å²) in [5.41, 5.74) is 3.27. The lowest BCUT2D eigenvalue weighted by molar-refractivity contribution is -0.688. The minimum atomic E-state index is -1.59. The van der Waals surface area contributed by atoms with Crippen molar-refractivity contribution in [1.29, 1.82) is 0 Å². The van der Waals surface area contributed by atoms with E-state index in [9.17, 15) is 19.6 Å². The van der Waals surface area contributed by atoms with Gasteiger partial charge in [-0.2, -0.15) is 0 Å². The van der Waals surface area contributed by atoms with Gasteiger partial charge in [-0.15, -0.1) is 0 Å². The van der Waals surface area contributed by atoms with Gasteiger partial charge in [0.25, 0.3) is 5.91 Å². The third kappa shape index (κ3) is 8.84. The molecule has 0 saturated carbocycles. The molecule has 1 aromatic carbocycles. The molecule has 3 aromatic rings. The monoisotopic (exact) mass is 517 g/mol. The average molecular weight is 517 g/mol. The van der Waals surface area contributed by atoms with Gasteiger partial charge in [-0.3, -0.25) is 9.59 Å². The summed E-state index contributed by atoms with van der Waals surface area (Å²) >= 11 is 0. The molecule has 0 aliphatic carbocycles. The third-order valence-electron chi connectivity index (χ3n) is 5.51. The lowest BCUT2D eigenvalue weighted by atomic mass is 9.92. The summed E-state index contributed by atoms with van der Waals surface area (Å²) in [6, 6.07) is 12.8. The van der Waals surface area contributed by atoms with Crippen molar-refractivity contribution in [2.24, 2.45) is 0 Å². The number of carbonyl (C=O) groups excluding carboxylic acids is 2. The van der Waals surface area contributed by atoms with Crippen molar-refractivity contribution in [2.75, 3.05) is 13.1 Å². The number of amides is 2. The number of pyridine rings is 2. The average Bonchev–Trinajstić information content (AvgIpc) is 2.88. The smallest absolute Gasteiger partial charge is 0.537 e. The summed E-state index contributed by atoms with van der Waals surface area (Å²) in [6.45, 7) is 6.50. The van der Waals surface area contributed by atoms with Crippen LogP contribution in [0.2, 0.25) is 0 Å². The number of aromatic nitrogens is 2. The van der Waals surface area contributed by atoms with Gasteiger partial charge in [-0.05, 0) is 37.6 Å². The van der Waals surface area contributed by atoms with Crippen LogP contribution in [0.3, 0.4) is 0 Å². The molecular formula is C26H31B2N4O6+2. The first-order valence-corrected chi connectivity index (χ1v) is 12.1. The number of benzene rings is 1. The van der Waals surface area contributed by atoms with Crippen molar-refractivity contribution in [1.82, 2.24) is 10.6 Å². The van der Waals surface area contributed by atoms with E-state index in [4.69, 9.17) is 9.68 Å². The van der Waals surface area contributed by atoms with E-state index in [1.54, 1.807) is 36.0 Å². The topological polar surface area (TPSA) is 136 Å². The van der Waals surface area contributed by atoms with E-state index in [0.29, 0.717) is 56.2 Å². The predicted molar refractivity (Wildman–Crippen MR) is 141 cm³/mol. The van der Waals surface area contributed by atoms with E-state index in [2.05, 4.69) is 17.2 Å². The zero-order valence-electron chi connectivity index (χ0n) is 21.2.